The summed E-state index contributed by atoms with van der Waals surface area (Å²) in [4.78, 5) is 13.0. The van der Waals surface area contributed by atoms with Gasteiger partial charge in [-0.2, -0.15) is 13.2 Å². The molecule has 0 saturated carbocycles. The maximum Gasteiger partial charge on any atom is 0.419 e. The molecule has 1 heterocycles. The van der Waals surface area contributed by atoms with Crippen LogP contribution in [-0.4, -0.2) is 16.6 Å². The van der Waals surface area contributed by atoms with Gasteiger partial charge in [-0.05, 0) is 44.3 Å². The van der Waals surface area contributed by atoms with Crippen LogP contribution in [0.1, 0.15) is 19.4 Å². The fraction of sp³-hybridized carbons (Fsp3) is 0.333. The van der Waals surface area contributed by atoms with Crippen LogP contribution in [0.5, 0.6) is 0 Å². The molecule has 3 nitrogen and oxygen atoms in total. The van der Waals surface area contributed by atoms with Gasteiger partial charge in [-0.25, -0.2) is 4.39 Å². The van der Waals surface area contributed by atoms with Gasteiger partial charge < -0.3 is 5.32 Å². The minimum atomic E-state index is -4.84. The molecule has 0 aliphatic carbocycles. The van der Waals surface area contributed by atoms with Gasteiger partial charge in [-0.1, -0.05) is 0 Å². The van der Waals surface area contributed by atoms with E-state index in [-0.39, 0.29) is 10.8 Å². The van der Waals surface area contributed by atoms with E-state index in [1.165, 1.54) is 0 Å². The molecule has 8 heteroatoms. The Hall–Kier alpha value is -1.70. The third-order valence-corrected chi connectivity index (χ3v) is 3.16. The highest BCUT2D eigenvalue weighted by molar-refractivity contribution is 7.80. The monoisotopic (exact) mass is 306 g/mol. The van der Waals surface area contributed by atoms with E-state index in [9.17, 15) is 22.4 Å². The zero-order valence-corrected chi connectivity index (χ0v) is 11.3. The number of anilines is 1. The lowest BCUT2D eigenvalue weighted by atomic mass is 10.1. The Morgan fingerprint density at radius 2 is 1.90 bits per heavy atom. The molecule has 1 aliphatic heterocycles. The van der Waals surface area contributed by atoms with Gasteiger partial charge in [0.2, 0.25) is 0 Å². The second-order valence-electron chi connectivity index (χ2n) is 4.86. The van der Waals surface area contributed by atoms with E-state index in [4.69, 9.17) is 12.2 Å². The number of rotatable bonds is 1. The van der Waals surface area contributed by atoms with Gasteiger partial charge in [0.15, 0.2) is 5.11 Å². The first-order valence-electron chi connectivity index (χ1n) is 5.57. The Labute approximate surface area is 117 Å². The summed E-state index contributed by atoms with van der Waals surface area (Å²) in [6.07, 6.45) is -4.84. The molecule has 108 valence electrons. The molecule has 0 radical (unpaired) electrons. The van der Waals surface area contributed by atoms with E-state index >= 15 is 0 Å². The van der Waals surface area contributed by atoms with E-state index in [0.29, 0.717) is 12.1 Å². The normalized spacial score (nSPS) is 18.4. The molecule has 1 aliphatic rings. The average Bonchev–Trinajstić information content (AvgIpc) is 2.48. The van der Waals surface area contributed by atoms with Crippen LogP contribution in [0, 0.1) is 5.82 Å². The number of alkyl halides is 3. The van der Waals surface area contributed by atoms with E-state index in [1.807, 2.05) is 0 Å². The Morgan fingerprint density at radius 3 is 2.35 bits per heavy atom. The van der Waals surface area contributed by atoms with Gasteiger partial charge in [0.05, 0.1) is 11.3 Å². The first-order chi connectivity index (χ1) is 9.04. The molecule has 1 amide bonds. The smallest absolute Gasteiger partial charge is 0.348 e. The number of hydrogen-bond donors (Lipinski definition) is 1. The minimum Gasteiger partial charge on any atom is -0.348 e. The van der Waals surface area contributed by atoms with Gasteiger partial charge in [0.25, 0.3) is 5.91 Å². The molecular weight excluding hydrogens is 296 g/mol. The summed E-state index contributed by atoms with van der Waals surface area (Å²) in [6.45, 7) is 3.10. The number of thiocarbonyl (C=S) groups is 1. The van der Waals surface area contributed by atoms with Gasteiger partial charge in [-0.15, -0.1) is 0 Å². The molecule has 0 bridgehead atoms. The first-order valence-corrected chi connectivity index (χ1v) is 5.98. The number of hydrogen-bond acceptors (Lipinski definition) is 2. The lowest BCUT2D eigenvalue weighted by molar-refractivity contribution is -0.140. The Morgan fingerprint density at radius 1 is 1.30 bits per heavy atom. The summed E-state index contributed by atoms with van der Waals surface area (Å²) in [6, 6.07) is 2.32. The van der Waals surface area contributed by atoms with Crippen LogP contribution in [-0.2, 0) is 11.0 Å². The summed E-state index contributed by atoms with van der Waals surface area (Å²) in [5, 5.41) is 2.68. The molecule has 0 aromatic heterocycles. The standard InChI is InChI=1S/C12H10F4N2OS/c1-11(2)9(19)18(10(20)17-11)6-3-4-8(13)7(5-6)12(14,15)16/h3-5H,1-2H3,(H,17,20). The van der Waals surface area contributed by atoms with Gasteiger partial charge in [-0.3, -0.25) is 9.69 Å². The van der Waals surface area contributed by atoms with E-state index < -0.39 is 29.0 Å². The van der Waals surface area contributed by atoms with Crippen molar-refractivity contribution in [3.8, 4) is 0 Å². The maximum absolute atomic E-state index is 13.2. The van der Waals surface area contributed by atoms with Crippen molar-refractivity contribution in [1.29, 1.82) is 0 Å². The molecule has 2 rings (SSSR count). The lowest BCUT2D eigenvalue weighted by Gasteiger charge is -2.18. The molecule has 1 aromatic carbocycles. The summed E-state index contributed by atoms with van der Waals surface area (Å²) in [7, 11) is 0. The Bertz CT molecular complexity index is 598. The topological polar surface area (TPSA) is 32.3 Å². The molecule has 1 fully saturated rings. The van der Waals surface area contributed by atoms with Gasteiger partial charge >= 0.3 is 6.18 Å². The number of nitrogens with zero attached hydrogens (tertiary/aromatic N) is 1. The third-order valence-electron chi connectivity index (χ3n) is 2.87. The largest absolute Gasteiger partial charge is 0.419 e. The second-order valence-corrected chi connectivity index (χ2v) is 5.24. The maximum atomic E-state index is 13.2. The number of carbonyl (C=O) groups is 1. The Kier molecular flexibility index (Phi) is 3.24. The highest BCUT2D eigenvalue weighted by Gasteiger charge is 2.43. The molecule has 0 unspecified atom stereocenters. The predicted octanol–water partition coefficient (Wildman–Crippen LogP) is 2.84. The zero-order valence-electron chi connectivity index (χ0n) is 10.5. The molecule has 1 N–H and O–H groups in total. The van der Waals surface area contributed by atoms with Gasteiger partial charge in [0.1, 0.15) is 11.4 Å². The van der Waals surface area contributed by atoms with E-state index in [1.54, 1.807) is 13.8 Å². The lowest BCUT2D eigenvalue weighted by Crippen LogP contribution is -2.40. The van der Waals surface area contributed by atoms with Crippen LogP contribution in [0.25, 0.3) is 0 Å². The van der Waals surface area contributed by atoms with Crippen molar-refractivity contribution in [2.45, 2.75) is 25.6 Å². The molecule has 0 spiro atoms. The molecular formula is C12H10F4N2OS. The fourth-order valence-electron chi connectivity index (χ4n) is 1.85. The summed E-state index contributed by atoms with van der Waals surface area (Å²) in [5.41, 5.74) is -2.56. The molecule has 1 saturated heterocycles. The van der Waals surface area contributed by atoms with Crippen molar-refractivity contribution in [3.05, 3.63) is 29.6 Å². The van der Waals surface area contributed by atoms with Crippen LogP contribution in [0.4, 0.5) is 23.2 Å². The van der Waals surface area contributed by atoms with Crippen LogP contribution in [0.2, 0.25) is 0 Å². The van der Waals surface area contributed by atoms with Crippen molar-refractivity contribution in [2.24, 2.45) is 0 Å². The minimum absolute atomic E-state index is 0.0141. The van der Waals surface area contributed by atoms with Crippen LogP contribution < -0.4 is 10.2 Å². The number of carbonyl (C=O) groups excluding carboxylic acids is 1. The average molecular weight is 306 g/mol. The first kappa shape index (κ1) is 14.7. The summed E-state index contributed by atoms with van der Waals surface area (Å²) >= 11 is 4.94. The fourth-order valence-corrected chi connectivity index (χ4v) is 2.30. The van der Waals surface area contributed by atoms with Crippen LogP contribution >= 0.6 is 12.2 Å². The zero-order chi connectivity index (χ0) is 15.3. The molecule has 1 aromatic rings. The van der Waals surface area contributed by atoms with Crippen molar-refractivity contribution in [2.75, 3.05) is 4.90 Å². The van der Waals surface area contributed by atoms with Crippen LogP contribution in [0.3, 0.4) is 0 Å². The number of nitrogens with one attached hydrogen (secondary N) is 1. The van der Waals surface area contributed by atoms with Crippen LogP contribution in [0.15, 0.2) is 18.2 Å². The molecule has 20 heavy (non-hydrogen) atoms. The third kappa shape index (κ3) is 2.35. The van der Waals surface area contributed by atoms with Crippen molar-refractivity contribution >= 4 is 28.9 Å². The molecule has 0 atom stereocenters. The highest BCUT2D eigenvalue weighted by atomic mass is 32.1. The summed E-state index contributed by atoms with van der Waals surface area (Å²) < 4.78 is 51.2. The van der Waals surface area contributed by atoms with E-state index in [2.05, 4.69) is 5.32 Å². The second kappa shape index (κ2) is 4.41. The van der Waals surface area contributed by atoms with Crippen molar-refractivity contribution in [3.63, 3.8) is 0 Å². The number of amides is 1. The van der Waals surface area contributed by atoms with Crippen molar-refractivity contribution in [1.82, 2.24) is 5.32 Å². The van der Waals surface area contributed by atoms with Crippen molar-refractivity contribution < 1.29 is 22.4 Å². The van der Waals surface area contributed by atoms with Gasteiger partial charge in [0, 0.05) is 0 Å². The number of halogens is 4. The quantitative estimate of drug-likeness (QED) is 0.639. The van der Waals surface area contributed by atoms with E-state index in [0.717, 1.165) is 11.0 Å². The predicted molar refractivity (Wildman–Crippen MR) is 68.7 cm³/mol. The summed E-state index contributed by atoms with van der Waals surface area (Å²) in [5.74, 6) is -1.90. The Balaban J connectivity index is 2.50. The number of benzene rings is 1. The highest BCUT2D eigenvalue weighted by Crippen LogP contribution is 2.35. The SMILES string of the molecule is CC1(C)NC(=S)N(c2ccc(F)c(C(F)(F)F)c2)C1=O.